The Hall–Kier alpha value is -0.650. The molecule has 5 nitrogen and oxygen atoms in total. The Morgan fingerprint density at radius 1 is 1.47 bits per heavy atom. The lowest BCUT2D eigenvalue weighted by Gasteiger charge is -2.39. The maximum atomic E-state index is 12.7. The zero-order valence-electron chi connectivity index (χ0n) is 12.4. The van der Waals surface area contributed by atoms with Crippen LogP contribution in [0, 0.1) is 5.41 Å². The summed E-state index contributed by atoms with van der Waals surface area (Å²) in [5.74, 6) is 0.0636. The molecule has 0 bridgehead atoms. The van der Waals surface area contributed by atoms with Crippen LogP contribution in [0.25, 0.3) is 0 Å². The van der Waals surface area contributed by atoms with Crippen molar-refractivity contribution >= 4 is 5.91 Å². The highest BCUT2D eigenvalue weighted by molar-refractivity contribution is 5.83. The number of hydrogen-bond donors (Lipinski definition) is 3. The Kier molecular flexibility index (Phi) is 6.23. The van der Waals surface area contributed by atoms with Crippen molar-refractivity contribution in [1.29, 1.82) is 0 Å². The molecule has 1 rings (SSSR count). The molecule has 1 fully saturated rings. The molecular formula is C14H28N2O3. The standard InChI is InChI=1S/C14H28N2O3/c1-4-13(2,7-10-17)16-12(18)14(11-19-3)5-8-15-9-6-14/h15,17H,4-11H2,1-3H3,(H,16,18). The van der Waals surface area contributed by atoms with E-state index in [-0.39, 0.29) is 18.1 Å². The van der Waals surface area contributed by atoms with E-state index in [4.69, 9.17) is 9.84 Å². The Bertz CT molecular complexity index is 285. The number of aliphatic hydroxyl groups is 1. The molecular weight excluding hydrogens is 244 g/mol. The first-order valence-corrected chi connectivity index (χ1v) is 7.15. The molecule has 112 valence electrons. The number of amides is 1. The number of piperidine rings is 1. The summed E-state index contributed by atoms with van der Waals surface area (Å²) in [5, 5.41) is 15.5. The number of aliphatic hydroxyl groups excluding tert-OH is 1. The summed E-state index contributed by atoms with van der Waals surface area (Å²) in [6.45, 7) is 6.26. The fraction of sp³-hybridized carbons (Fsp3) is 0.929. The van der Waals surface area contributed by atoms with Gasteiger partial charge in [0, 0.05) is 19.3 Å². The van der Waals surface area contributed by atoms with Crippen molar-refractivity contribution in [1.82, 2.24) is 10.6 Å². The molecule has 0 aromatic carbocycles. The fourth-order valence-electron chi connectivity index (χ4n) is 2.60. The summed E-state index contributed by atoms with van der Waals surface area (Å²) in [7, 11) is 1.64. The number of hydrogen-bond acceptors (Lipinski definition) is 4. The van der Waals surface area contributed by atoms with Gasteiger partial charge in [0.25, 0.3) is 0 Å². The van der Waals surface area contributed by atoms with Gasteiger partial charge in [-0.2, -0.15) is 0 Å². The van der Waals surface area contributed by atoms with Crippen LogP contribution in [0.4, 0.5) is 0 Å². The topological polar surface area (TPSA) is 70.6 Å². The van der Waals surface area contributed by atoms with Gasteiger partial charge in [0.1, 0.15) is 0 Å². The first-order chi connectivity index (χ1) is 9.02. The molecule has 1 amide bonds. The maximum Gasteiger partial charge on any atom is 0.229 e. The van der Waals surface area contributed by atoms with Crippen molar-refractivity contribution in [2.24, 2.45) is 5.41 Å². The minimum Gasteiger partial charge on any atom is -0.396 e. The second kappa shape index (κ2) is 7.22. The van der Waals surface area contributed by atoms with Gasteiger partial charge in [0.15, 0.2) is 0 Å². The lowest BCUT2D eigenvalue weighted by Crippen LogP contribution is -2.56. The van der Waals surface area contributed by atoms with Crippen LogP contribution in [0.2, 0.25) is 0 Å². The summed E-state index contributed by atoms with van der Waals surface area (Å²) in [4.78, 5) is 12.7. The fourth-order valence-corrected chi connectivity index (χ4v) is 2.60. The van der Waals surface area contributed by atoms with Crippen LogP contribution in [-0.2, 0) is 9.53 Å². The number of methoxy groups -OCH3 is 1. The van der Waals surface area contributed by atoms with Crippen LogP contribution in [0.15, 0.2) is 0 Å². The Balaban J connectivity index is 2.76. The third-order valence-electron chi connectivity index (χ3n) is 4.32. The highest BCUT2D eigenvalue weighted by Crippen LogP contribution is 2.31. The molecule has 0 saturated carbocycles. The van der Waals surface area contributed by atoms with E-state index < -0.39 is 5.41 Å². The van der Waals surface area contributed by atoms with Gasteiger partial charge >= 0.3 is 0 Å². The zero-order valence-corrected chi connectivity index (χ0v) is 12.4. The zero-order chi connectivity index (χ0) is 14.4. The number of nitrogens with one attached hydrogen (secondary N) is 2. The minimum absolute atomic E-state index is 0.0636. The van der Waals surface area contributed by atoms with Gasteiger partial charge in [-0.15, -0.1) is 0 Å². The Morgan fingerprint density at radius 2 is 2.11 bits per heavy atom. The molecule has 1 unspecified atom stereocenters. The van der Waals surface area contributed by atoms with Crippen LogP contribution >= 0.6 is 0 Å². The van der Waals surface area contributed by atoms with Gasteiger partial charge < -0.3 is 20.5 Å². The summed E-state index contributed by atoms with van der Waals surface area (Å²) in [6, 6.07) is 0. The molecule has 3 N–H and O–H groups in total. The van der Waals surface area contributed by atoms with E-state index in [1.807, 2.05) is 13.8 Å². The smallest absolute Gasteiger partial charge is 0.229 e. The number of rotatable bonds is 7. The molecule has 1 heterocycles. The molecule has 0 aromatic heterocycles. The van der Waals surface area contributed by atoms with Crippen LogP contribution in [0.5, 0.6) is 0 Å². The first kappa shape index (κ1) is 16.4. The van der Waals surface area contributed by atoms with Gasteiger partial charge in [0.05, 0.1) is 12.0 Å². The molecule has 1 aliphatic rings. The molecule has 0 aliphatic carbocycles. The van der Waals surface area contributed by atoms with Gasteiger partial charge in [-0.05, 0) is 45.7 Å². The minimum atomic E-state index is -0.425. The van der Waals surface area contributed by atoms with Crippen LogP contribution in [0.1, 0.15) is 39.5 Å². The maximum absolute atomic E-state index is 12.7. The third kappa shape index (κ3) is 4.16. The predicted molar refractivity (Wildman–Crippen MR) is 75.0 cm³/mol. The molecule has 1 atom stereocenters. The molecule has 1 aliphatic heterocycles. The first-order valence-electron chi connectivity index (χ1n) is 7.15. The average molecular weight is 272 g/mol. The van der Waals surface area contributed by atoms with Crippen molar-refractivity contribution in [3.05, 3.63) is 0 Å². The summed E-state index contributed by atoms with van der Waals surface area (Å²) < 4.78 is 5.28. The van der Waals surface area contributed by atoms with Gasteiger partial charge in [0.2, 0.25) is 5.91 Å². The normalized spacial score (nSPS) is 21.7. The second-order valence-electron chi connectivity index (χ2n) is 5.81. The second-order valence-corrected chi connectivity index (χ2v) is 5.81. The molecule has 5 heteroatoms. The van der Waals surface area contributed by atoms with Gasteiger partial charge in [-0.1, -0.05) is 6.92 Å². The number of carbonyl (C=O) groups is 1. The van der Waals surface area contributed by atoms with Crippen molar-refractivity contribution < 1.29 is 14.6 Å². The van der Waals surface area contributed by atoms with E-state index in [9.17, 15) is 4.79 Å². The Labute approximate surface area is 116 Å². The van der Waals surface area contributed by atoms with E-state index in [0.29, 0.717) is 13.0 Å². The molecule has 0 spiro atoms. The number of ether oxygens (including phenoxy) is 1. The van der Waals surface area contributed by atoms with Crippen molar-refractivity contribution in [3.8, 4) is 0 Å². The molecule has 0 radical (unpaired) electrons. The molecule has 1 saturated heterocycles. The van der Waals surface area contributed by atoms with Crippen LogP contribution in [0.3, 0.4) is 0 Å². The van der Waals surface area contributed by atoms with E-state index in [1.54, 1.807) is 7.11 Å². The van der Waals surface area contributed by atoms with Crippen molar-refractivity contribution in [2.75, 3.05) is 33.4 Å². The Morgan fingerprint density at radius 3 is 2.58 bits per heavy atom. The lowest BCUT2D eigenvalue weighted by molar-refractivity contribution is -0.138. The van der Waals surface area contributed by atoms with Gasteiger partial charge in [-0.25, -0.2) is 0 Å². The van der Waals surface area contributed by atoms with Crippen molar-refractivity contribution in [2.45, 2.75) is 45.1 Å². The summed E-state index contributed by atoms with van der Waals surface area (Å²) in [6.07, 6.45) is 2.98. The molecule has 0 aromatic rings. The van der Waals surface area contributed by atoms with Crippen molar-refractivity contribution in [3.63, 3.8) is 0 Å². The van der Waals surface area contributed by atoms with E-state index in [1.165, 1.54) is 0 Å². The number of carbonyl (C=O) groups excluding carboxylic acids is 1. The predicted octanol–water partition coefficient (Wildman–Crippen LogP) is 0.670. The molecule has 19 heavy (non-hydrogen) atoms. The SMILES string of the molecule is CCC(C)(CCO)NC(=O)C1(COC)CCNCC1. The van der Waals surface area contributed by atoms with E-state index >= 15 is 0 Å². The lowest BCUT2D eigenvalue weighted by atomic mass is 9.77. The van der Waals surface area contributed by atoms with Crippen LogP contribution in [-0.4, -0.2) is 50.0 Å². The largest absolute Gasteiger partial charge is 0.396 e. The highest BCUT2D eigenvalue weighted by Gasteiger charge is 2.41. The summed E-state index contributed by atoms with van der Waals surface area (Å²) >= 11 is 0. The van der Waals surface area contributed by atoms with E-state index in [0.717, 1.165) is 32.4 Å². The third-order valence-corrected chi connectivity index (χ3v) is 4.32. The van der Waals surface area contributed by atoms with Crippen LogP contribution < -0.4 is 10.6 Å². The average Bonchev–Trinajstić information content (AvgIpc) is 2.40. The summed E-state index contributed by atoms with van der Waals surface area (Å²) in [5.41, 5.74) is -0.761. The highest BCUT2D eigenvalue weighted by atomic mass is 16.5. The van der Waals surface area contributed by atoms with Gasteiger partial charge in [-0.3, -0.25) is 4.79 Å². The monoisotopic (exact) mass is 272 g/mol. The quantitative estimate of drug-likeness (QED) is 0.637. The van der Waals surface area contributed by atoms with E-state index in [2.05, 4.69) is 10.6 Å².